The number of carbonyl (C=O) groups excluding carboxylic acids is 1. The molecule has 1 unspecified atom stereocenters. The highest BCUT2D eigenvalue weighted by atomic mass is 127. The first-order chi connectivity index (χ1) is 11.4. The molecule has 150 valence electrons. The molecule has 0 aromatic carbocycles. The number of hydrogen-bond donors (Lipinski definition) is 4. The van der Waals surface area contributed by atoms with Crippen molar-refractivity contribution in [2.24, 2.45) is 4.99 Å². The van der Waals surface area contributed by atoms with Gasteiger partial charge >= 0.3 is 0 Å². The molecular formula is C18H39IN4O2. The van der Waals surface area contributed by atoms with E-state index in [0.717, 1.165) is 38.6 Å². The van der Waals surface area contributed by atoms with Gasteiger partial charge in [0.05, 0.1) is 12.1 Å². The Kier molecular flexibility index (Phi) is 16.7. The standard InChI is InChI=1S/C18H38N4O2.HI/c1-6-11-18(24,12-7-2)14-21-17(19-9-4)20-13-10-16(23)22-15(5)8-3;/h15,24H,6-14H2,1-5H3,(H,22,23)(H2,19,20,21);1H. The molecule has 0 spiro atoms. The van der Waals surface area contributed by atoms with Crippen molar-refractivity contribution in [3.8, 4) is 0 Å². The first-order valence-corrected chi connectivity index (χ1v) is 9.44. The first kappa shape index (κ1) is 26.7. The van der Waals surface area contributed by atoms with E-state index >= 15 is 0 Å². The second kappa shape index (κ2) is 15.7. The number of nitrogens with zero attached hydrogens (tertiary/aromatic N) is 1. The van der Waals surface area contributed by atoms with Crippen molar-refractivity contribution in [1.29, 1.82) is 0 Å². The topological polar surface area (TPSA) is 85.8 Å². The summed E-state index contributed by atoms with van der Waals surface area (Å²) < 4.78 is 0. The molecule has 1 amide bonds. The van der Waals surface area contributed by atoms with E-state index in [2.05, 4.69) is 34.8 Å². The third kappa shape index (κ3) is 13.3. The molecule has 0 aliphatic carbocycles. The van der Waals surface area contributed by atoms with E-state index in [1.54, 1.807) is 0 Å². The second-order valence-electron chi connectivity index (χ2n) is 6.47. The Hall–Kier alpha value is -0.570. The first-order valence-electron chi connectivity index (χ1n) is 9.44. The summed E-state index contributed by atoms with van der Waals surface area (Å²) in [5, 5.41) is 19.9. The number of halogens is 1. The van der Waals surface area contributed by atoms with Gasteiger partial charge in [0.15, 0.2) is 5.96 Å². The van der Waals surface area contributed by atoms with E-state index in [9.17, 15) is 9.90 Å². The third-order valence-electron chi connectivity index (χ3n) is 3.97. The molecule has 0 fully saturated rings. The fourth-order valence-corrected chi connectivity index (χ4v) is 2.53. The van der Waals surface area contributed by atoms with Crippen LogP contribution in [0.5, 0.6) is 0 Å². The Balaban J connectivity index is 0. The van der Waals surface area contributed by atoms with Gasteiger partial charge in [-0.15, -0.1) is 24.0 Å². The number of nitrogens with one attached hydrogen (secondary N) is 3. The zero-order chi connectivity index (χ0) is 18.4. The molecule has 0 aliphatic heterocycles. The Morgan fingerprint density at radius 3 is 2.20 bits per heavy atom. The molecule has 0 radical (unpaired) electrons. The summed E-state index contributed by atoms with van der Waals surface area (Å²) >= 11 is 0. The lowest BCUT2D eigenvalue weighted by Gasteiger charge is -2.26. The lowest BCUT2D eigenvalue weighted by atomic mass is 9.93. The van der Waals surface area contributed by atoms with E-state index in [0.29, 0.717) is 25.5 Å². The largest absolute Gasteiger partial charge is 0.388 e. The van der Waals surface area contributed by atoms with Gasteiger partial charge in [0.25, 0.3) is 0 Å². The van der Waals surface area contributed by atoms with Crippen LogP contribution in [0.3, 0.4) is 0 Å². The third-order valence-corrected chi connectivity index (χ3v) is 3.97. The molecule has 0 aromatic rings. The van der Waals surface area contributed by atoms with Crippen LogP contribution in [0.2, 0.25) is 0 Å². The predicted molar refractivity (Wildman–Crippen MR) is 117 cm³/mol. The molecule has 7 heteroatoms. The maximum Gasteiger partial charge on any atom is 0.221 e. The Morgan fingerprint density at radius 1 is 1.12 bits per heavy atom. The Labute approximate surface area is 171 Å². The normalized spacial score (nSPS) is 13.0. The van der Waals surface area contributed by atoms with E-state index in [1.165, 1.54) is 0 Å². The monoisotopic (exact) mass is 470 g/mol. The number of carbonyl (C=O) groups is 1. The van der Waals surface area contributed by atoms with Crippen LogP contribution in [0, 0.1) is 0 Å². The Bertz CT molecular complexity index is 372. The number of aliphatic imine (C=N–C) groups is 1. The summed E-state index contributed by atoms with van der Waals surface area (Å²) in [6, 6.07) is 0.206. The molecule has 25 heavy (non-hydrogen) atoms. The molecule has 0 heterocycles. The quantitative estimate of drug-likeness (QED) is 0.201. The van der Waals surface area contributed by atoms with Gasteiger partial charge in [0.2, 0.25) is 5.91 Å². The van der Waals surface area contributed by atoms with E-state index in [1.807, 2.05) is 20.8 Å². The lowest BCUT2D eigenvalue weighted by molar-refractivity contribution is -0.121. The number of aliphatic hydroxyl groups is 1. The molecule has 0 rings (SSSR count). The predicted octanol–water partition coefficient (Wildman–Crippen LogP) is 2.80. The average molecular weight is 470 g/mol. The van der Waals surface area contributed by atoms with Gasteiger partial charge in [-0.1, -0.05) is 33.6 Å². The highest BCUT2D eigenvalue weighted by Gasteiger charge is 2.24. The minimum atomic E-state index is -0.736. The van der Waals surface area contributed by atoms with Gasteiger partial charge in [0.1, 0.15) is 0 Å². The minimum absolute atomic E-state index is 0. The van der Waals surface area contributed by atoms with Crippen LogP contribution in [0.25, 0.3) is 0 Å². The average Bonchev–Trinajstić information content (AvgIpc) is 2.53. The Morgan fingerprint density at radius 2 is 1.72 bits per heavy atom. The number of amides is 1. The van der Waals surface area contributed by atoms with Crippen LogP contribution in [0.1, 0.15) is 73.1 Å². The fourth-order valence-electron chi connectivity index (χ4n) is 2.53. The number of rotatable bonds is 12. The van der Waals surface area contributed by atoms with Gasteiger partial charge in [0, 0.05) is 25.6 Å². The minimum Gasteiger partial charge on any atom is -0.388 e. The lowest BCUT2D eigenvalue weighted by Crippen LogP contribution is -2.42. The van der Waals surface area contributed by atoms with Crippen LogP contribution < -0.4 is 16.0 Å². The summed E-state index contributed by atoms with van der Waals surface area (Å²) in [4.78, 5) is 16.3. The highest BCUT2D eigenvalue weighted by molar-refractivity contribution is 14.0. The molecule has 4 N–H and O–H groups in total. The molecular weight excluding hydrogens is 431 g/mol. The zero-order valence-electron chi connectivity index (χ0n) is 16.7. The van der Waals surface area contributed by atoms with E-state index < -0.39 is 5.60 Å². The molecule has 0 aliphatic rings. The van der Waals surface area contributed by atoms with Crippen molar-refractivity contribution in [3.05, 3.63) is 0 Å². The zero-order valence-corrected chi connectivity index (χ0v) is 19.0. The van der Waals surface area contributed by atoms with Crippen LogP contribution in [0.4, 0.5) is 0 Å². The fraction of sp³-hybridized carbons (Fsp3) is 0.889. The molecule has 0 saturated carbocycles. The van der Waals surface area contributed by atoms with Gasteiger partial charge in [-0.25, -0.2) is 0 Å². The van der Waals surface area contributed by atoms with Gasteiger partial charge in [-0.05, 0) is 33.1 Å². The van der Waals surface area contributed by atoms with Crippen molar-refractivity contribution < 1.29 is 9.90 Å². The molecule has 0 saturated heterocycles. The van der Waals surface area contributed by atoms with Crippen molar-refractivity contribution >= 4 is 35.8 Å². The highest BCUT2D eigenvalue weighted by Crippen LogP contribution is 2.19. The smallest absolute Gasteiger partial charge is 0.221 e. The van der Waals surface area contributed by atoms with E-state index in [4.69, 9.17) is 0 Å². The van der Waals surface area contributed by atoms with Crippen molar-refractivity contribution in [2.75, 3.05) is 19.6 Å². The maximum absolute atomic E-state index is 11.8. The van der Waals surface area contributed by atoms with Gasteiger partial charge < -0.3 is 21.1 Å². The van der Waals surface area contributed by atoms with Gasteiger partial charge in [-0.2, -0.15) is 0 Å². The summed E-state index contributed by atoms with van der Waals surface area (Å²) in [7, 11) is 0. The summed E-state index contributed by atoms with van der Waals surface area (Å²) in [5.74, 6) is 0.695. The summed E-state index contributed by atoms with van der Waals surface area (Å²) in [6.07, 6.45) is 4.71. The summed E-state index contributed by atoms with van der Waals surface area (Å²) in [5.41, 5.74) is -0.736. The second-order valence-corrected chi connectivity index (χ2v) is 6.47. The summed E-state index contributed by atoms with van der Waals surface area (Å²) in [6.45, 7) is 11.8. The molecule has 1 atom stereocenters. The molecule has 6 nitrogen and oxygen atoms in total. The van der Waals surface area contributed by atoms with Crippen LogP contribution in [-0.4, -0.2) is 48.3 Å². The van der Waals surface area contributed by atoms with Crippen LogP contribution in [0.15, 0.2) is 4.99 Å². The van der Waals surface area contributed by atoms with Crippen molar-refractivity contribution in [1.82, 2.24) is 16.0 Å². The van der Waals surface area contributed by atoms with Crippen LogP contribution >= 0.6 is 24.0 Å². The van der Waals surface area contributed by atoms with Gasteiger partial charge in [-0.3, -0.25) is 9.79 Å². The van der Waals surface area contributed by atoms with Crippen molar-refractivity contribution in [3.63, 3.8) is 0 Å². The van der Waals surface area contributed by atoms with Crippen molar-refractivity contribution in [2.45, 2.75) is 84.8 Å². The number of guanidine groups is 1. The van der Waals surface area contributed by atoms with Crippen LogP contribution in [-0.2, 0) is 4.79 Å². The molecule has 0 bridgehead atoms. The maximum atomic E-state index is 11.8. The number of hydrogen-bond acceptors (Lipinski definition) is 3. The SMILES string of the molecule is CCCC(O)(CCC)CN=C(NCC)NCCC(=O)NC(C)CC.I. The molecule has 0 aromatic heterocycles. The van der Waals surface area contributed by atoms with E-state index in [-0.39, 0.29) is 35.9 Å².